The number of rotatable bonds is 7. The Kier molecular flexibility index (Phi) is 7.17. The fraction of sp³-hybridized carbons (Fsp3) is 0.423. The van der Waals surface area contributed by atoms with Crippen molar-refractivity contribution in [3.63, 3.8) is 0 Å². The van der Waals surface area contributed by atoms with Crippen LogP contribution in [0.2, 0.25) is 0 Å². The van der Waals surface area contributed by atoms with E-state index < -0.39 is 0 Å². The van der Waals surface area contributed by atoms with E-state index in [0.717, 1.165) is 16.8 Å². The van der Waals surface area contributed by atoms with E-state index in [1.165, 1.54) is 5.56 Å². The molecule has 0 saturated carbocycles. The molecule has 0 aliphatic carbocycles. The van der Waals surface area contributed by atoms with Gasteiger partial charge in [-0.3, -0.25) is 14.5 Å². The van der Waals surface area contributed by atoms with Crippen molar-refractivity contribution in [3.05, 3.63) is 59.2 Å². The number of hydrogen-bond acceptors (Lipinski definition) is 6. The lowest BCUT2D eigenvalue weighted by atomic mass is 9.96. The van der Waals surface area contributed by atoms with E-state index in [9.17, 15) is 9.59 Å². The Morgan fingerprint density at radius 3 is 2.38 bits per heavy atom. The van der Waals surface area contributed by atoms with Crippen LogP contribution >= 0.6 is 0 Å². The molecule has 0 aromatic heterocycles. The van der Waals surface area contributed by atoms with Gasteiger partial charge in [0.05, 0.1) is 32.5 Å². The smallest absolute Gasteiger partial charge is 0.257 e. The molecule has 0 bridgehead atoms. The van der Waals surface area contributed by atoms with Crippen molar-refractivity contribution in [1.29, 1.82) is 0 Å². The van der Waals surface area contributed by atoms with E-state index in [2.05, 4.69) is 4.90 Å². The molecule has 2 aromatic carbocycles. The lowest BCUT2D eigenvalue weighted by Crippen LogP contribution is -2.44. The third-order valence-electron chi connectivity index (χ3n) is 6.70. The number of hydrazone groups is 1. The molecule has 1 atom stereocenters. The van der Waals surface area contributed by atoms with Gasteiger partial charge in [0.2, 0.25) is 5.91 Å². The van der Waals surface area contributed by atoms with Crippen LogP contribution in [0, 0.1) is 12.8 Å². The van der Waals surface area contributed by atoms with Gasteiger partial charge < -0.3 is 15.2 Å². The number of primary amides is 1. The molecular weight excluding hydrogens is 432 g/mol. The topological polar surface area (TPSA) is 97.5 Å². The molecule has 2 aromatic rings. The summed E-state index contributed by atoms with van der Waals surface area (Å²) in [4.78, 5) is 27.1. The zero-order valence-corrected chi connectivity index (χ0v) is 20.0. The highest BCUT2D eigenvalue weighted by atomic mass is 16.5. The van der Waals surface area contributed by atoms with Crippen LogP contribution in [-0.2, 0) is 9.59 Å². The number of methoxy groups -OCH3 is 2. The minimum absolute atomic E-state index is 0.0884. The molecule has 0 spiro atoms. The Balaban J connectivity index is 1.61. The average Bonchev–Trinajstić information content (AvgIpc) is 3.30. The third kappa shape index (κ3) is 5.07. The fourth-order valence-electron chi connectivity index (χ4n) is 4.64. The Bertz CT molecular complexity index is 1070. The molecular formula is C26H32N4O4. The molecule has 8 heteroatoms. The summed E-state index contributed by atoms with van der Waals surface area (Å²) in [5, 5.41) is 6.38. The summed E-state index contributed by atoms with van der Waals surface area (Å²) in [6.07, 6.45) is 1.92. The van der Waals surface area contributed by atoms with Crippen LogP contribution < -0.4 is 15.2 Å². The summed E-state index contributed by atoms with van der Waals surface area (Å²) in [6.45, 7) is 3.60. The minimum Gasteiger partial charge on any atom is -0.497 e. The molecule has 2 aliphatic heterocycles. The number of nitrogens with zero attached hydrogens (tertiary/aromatic N) is 3. The van der Waals surface area contributed by atoms with E-state index in [-0.39, 0.29) is 30.3 Å². The number of carbonyl (C=O) groups excluding carboxylic acids is 2. The van der Waals surface area contributed by atoms with Crippen LogP contribution in [0.1, 0.15) is 42.0 Å². The molecule has 1 fully saturated rings. The Labute approximate surface area is 200 Å². The number of piperidine rings is 1. The second kappa shape index (κ2) is 10.3. The van der Waals surface area contributed by atoms with Gasteiger partial charge in [0.15, 0.2) is 0 Å². The van der Waals surface area contributed by atoms with Gasteiger partial charge in [0, 0.05) is 17.9 Å². The van der Waals surface area contributed by atoms with Crippen molar-refractivity contribution in [2.75, 3.05) is 33.9 Å². The minimum atomic E-state index is -0.308. The van der Waals surface area contributed by atoms with Crippen molar-refractivity contribution in [3.8, 4) is 11.5 Å². The maximum Gasteiger partial charge on any atom is 0.257 e. The summed E-state index contributed by atoms with van der Waals surface area (Å²) in [5.74, 6) is 0.919. The number of amides is 2. The van der Waals surface area contributed by atoms with Crippen molar-refractivity contribution < 1.29 is 19.1 Å². The molecule has 34 heavy (non-hydrogen) atoms. The van der Waals surface area contributed by atoms with E-state index in [0.29, 0.717) is 43.9 Å². The predicted molar refractivity (Wildman–Crippen MR) is 130 cm³/mol. The van der Waals surface area contributed by atoms with Gasteiger partial charge in [-0.25, -0.2) is 5.01 Å². The van der Waals surface area contributed by atoms with Gasteiger partial charge in [-0.2, -0.15) is 5.10 Å². The molecule has 2 aliphatic rings. The molecule has 1 unspecified atom stereocenters. The van der Waals surface area contributed by atoms with E-state index in [4.69, 9.17) is 20.3 Å². The summed E-state index contributed by atoms with van der Waals surface area (Å²) < 4.78 is 11.1. The quantitative estimate of drug-likeness (QED) is 0.680. The lowest BCUT2D eigenvalue weighted by molar-refractivity contribution is -0.134. The number of hydrogen-bond donors (Lipinski definition) is 1. The maximum absolute atomic E-state index is 13.5. The third-order valence-corrected chi connectivity index (χ3v) is 6.70. The number of likely N-dealkylation sites (tertiary alicyclic amines) is 1. The van der Waals surface area contributed by atoms with Gasteiger partial charge in [0.25, 0.3) is 5.91 Å². The Morgan fingerprint density at radius 1 is 1.06 bits per heavy atom. The summed E-state index contributed by atoms with van der Waals surface area (Å²) in [5.41, 5.74) is 9.33. The van der Waals surface area contributed by atoms with Crippen LogP contribution in [0.25, 0.3) is 0 Å². The monoisotopic (exact) mass is 464 g/mol. The summed E-state index contributed by atoms with van der Waals surface area (Å²) >= 11 is 0. The Hall–Kier alpha value is -3.39. The zero-order chi connectivity index (χ0) is 24.2. The molecule has 1 saturated heterocycles. The zero-order valence-electron chi connectivity index (χ0n) is 20.0. The van der Waals surface area contributed by atoms with Crippen molar-refractivity contribution in [2.24, 2.45) is 16.8 Å². The highest BCUT2D eigenvalue weighted by Crippen LogP contribution is 2.39. The predicted octanol–water partition coefficient (Wildman–Crippen LogP) is 2.89. The summed E-state index contributed by atoms with van der Waals surface area (Å²) in [7, 11) is 3.24. The molecule has 2 heterocycles. The van der Waals surface area contributed by atoms with Crippen LogP contribution in [0.15, 0.2) is 47.6 Å². The van der Waals surface area contributed by atoms with Crippen LogP contribution in [0.4, 0.5) is 0 Å². The number of nitrogens with two attached hydrogens (primary N) is 1. The lowest BCUT2D eigenvalue weighted by Gasteiger charge is -2.31. The van der Waals surface area contributed by atoms with Crippen LogP contribution in [0.5, 0.6) is 11.5 Å². The first-order chi connectivity index (χ1) is 16.4. The molecule has 8 nitrogen and oxygen atoms in total. The first-order valence-electron chi connectivity index (χ1n) is 11.6. The number of ether oxygens (including phenoxy) is 2. The number of aryl methyl sites for hydroxylation is 1. The molecule has 0 radical (unpaired) electrons. The highest BCUT2D eigenvalue weighted by molar-refractivity contribution is 6.03. The second-order valence-electron chi connectivity index (χ2n) is 8.93. The van der Waals surface area contributed by atoms with Gasteiger partial charge in [0.1, 0.15) is 11.5 Å². The van der Waals surface area contributed by atoms with E-state index >= 15 is 0 Å². The largest absolute Gasteiger partial charge is 0.497 e. The van der Waals surface area contributed by atoms with Crippen LogP contribution in [-0.4, -0.2) is 61.3 Å². The summed E-state index contributed by atoms with van der Waals surface area (Å²) in [6, 6.07) is 13.5. The molecule has 2 N–H and O–H groups in total. The van der Waals surface area contributed by atoms with E-state index in [1.54, 1.807) is 19.2 Å². The first-order valence-corrected chi connectivity index (χ1v) is 11.6. The van der Waals surface area contributed by atoms with Gasteiger partial charge in [-0.15, -0.1) is 0 Å². The second-order valence-corrected chi connectivity index (χ2v) is 8.93. The Morgan fingerprint density at radius 2 is 1.76 bits per heavy atom. The van der Waals surface area contributed by atoms with Gasteiger partial charge >= 0.3 is 0 Å². The van der Waals surface area contributed by atoms with Crippen molar-refractivity contribution in [1.82, 2.24) is 9.91 Å². The maximum atomic E-state index is 13.5. The van der Waals surface area contributed by atoms with Crippen molar-refractivity contribution >= 4 is 17.5 Å². The van der Waals surface area contributed by atoms with E-state index in [1.807, 2.05) is 49.4 Å². The fourth-order valence-corrected chi connectivity index (χ4v) is 4.64. The van der Waals surface area contributed by atoms with Crippen molar-refractivity contribution in [2.45, 2.75) is 32.2 Å². The standard InChI is InChI=1S/C26H32N4O4/c1-17-4-6-18(7-5-17)22-15-23(21-14-20(33-2)8-9-24(21)34-3)30(28-22)25(31)16-29-12-10-19(11-13-29)26(27)32/h4-9,14,19,23H,10-13,15-16H2,1-3H3,(H2,27,32). The molecule has 180 valence electrons. The number of carbonyl (C=O) groups is 2. The average molecular weight is 465 g/mol. The normalized spacial score (nSPS) is 19.1. The van der Waals surface area contributed by atoms with Gasteiger partial charge in [-0.05, 0) is 56.6 Å². The highest BCUT2D eigenvalue weighted by Gasteiger charge is 2.36. The van der Waals surface area contributed by atoms with Gasteiger partial charge in [-0.1, -0.05) is 29.8 Å². The SMILES string of the molecule is COc1ccc(OC)c(C2CC(c3ccc(C)cc3)=NN2C(=O)CN2CCC(C(N)=O)CC2)c1. The molecule has 2 amide bonds. The molecule has 4 rings (SSSR count). The number of benzene rings is 2. The van der Waals surface area contributed by atoms with Crippen LogP contribution in [0.3, 0.4) is 0 Å². The first kappa shape index (κ1) is 23.8.